The first-order valence-electron chi connectivity index (χ1n) is 5.53. The molecule has 1 heteroatoms. The Balaban J connectivity index is 3.17. The lowest BCUT2D eigenvalue weighted by atomic mass is 9.83. The molecule has 0 heterocycles. The second kappa shape index (κ2) is 4.57. The molecule has 0 saturated heterocycles. The minimum Gasteiger partial charge on any atom is -0.126 e. The highest BCUT2D eigenvalue weighted by molar-refractivity contribution is 6.18. The number of hydrogen-bond acceptors (Lipinski definition) is 0. The van der Waals surface area contributed by atoms with Crippen molar-refractivity contribution in [2.75, 3.05) is 5.88 Å². The highest BCUT2D eigenvalue weighted by atomic mass is 35.5. The Hall–Kier alpha value is -0.490. The molecular formula is C14H21Cl. The van der Waals surface area contributed by atoms with Crippen LogP contribution in [0.25, 0.3) is 0 Å². The molecule has 0 aliphatic carbocycles. The van der Waals surface area contributed by atoms with E-state index < -0.39 is 0 Å². The maximum absolute atomic E-state index is 5.93. The summed E-state index contributed by atoms with van der Waals surface area (Å²) in [4.78, 5) is 0. The predicted octanol–water partition coefficient (Wildman–Crippen LogP) is 4.63. The number of hydrogen-bond donors (Lipinski definition) is 0. The van der Waals surface area contributed by atoms with Gasteiger partial charge in [0, 0.05) is 5.88 Å². The van der Waals surface area contributed by atoms with Gasteiger partial charge in [0.05, 0.1) is 0 Å². The predicted molar refractivity (Wildman–Crippen MR) is 69.0 cm³/mol. The molecule has 1 atom stereocenters. The summed E-state index contributed by atoms with van der Waals surface area (Å²) in [6, 6.07) is 6.74. The SMILES string of the molecule is Cc1ccc(C(C)(C)C)cc1C(C)CCl. The van der Waals surface area contributed by atoms with Crippen LogP contribution >= 0.6 is 11.6 Å². The zero-order valence-electron chi connectivity index (χ0n) is 10.4. The van der Waals surface area contributed by atoms with Gasteiger partial charge in [-0.15, -0.1) is 11.6 Å². The fourth-order valence-corrected chi connectivity index (χ4v) is 1.89. The Morgan fingerprint density at radius 3 is 2.33 bits per heavy atom. The largest absolute Gasteiger partial charge is 0.126 e. The lowest BCUT2D eigenvalue weighted by Gasteiger charge is -2.22. The highest BCUT2D eigenvalue weighted by Gasteiger charge is 2.16. The van der Waals surface area contributed by atoms with Gasteiger partial charge in [0.15, 0.2) is 0 Å². The van der Waals surface area contributed by atoms with Gasteiger partial charge in [0.25, 0.3) is 0 Å². The maximum Gasteiger partial charge on any atom is 0.0289 e. The minimum atomic E-state index is 0.217. The molecule has 0 bridgehead atoms. The van der Waals surface area contributed by atoms with Crippen molar-refractivity contribution in [3.05, 3.63) is 34.9 Å². The van der Waals surface area contributed by atoms with Crippen LogP contribution in [-0.2, 0) is 5.41 Å². The van der Waals surface area contributed by atoms with Gasteiger partial charge in [0.2, 0.25) is 0 Å². The van der Waals surface area contributed by atoms with Crippen molar-refractivity contribution >= 4 is 11.6 Å². The van der Waals surface area contributed by atoms with Gasteiger partial charge in [-0.2, -0.15) is 0 Å². The summed E-state index contributed by atoms with van der Waals surface area (Å²) in [5.41, 5.74) is 4.34. The second-order valence-corrected chi connectivity index (χ2v) is 5.69. The Bertz CT molecular complexity index is 334. The van der Waals surface area contributed by atoms with E-state index in [0.717, 1.165) is 0 Å². The lowest BCUT2D eigenvalue weighted by Crippen LogP contribution is -2.12. The minimum absolute atomic E-state index is 0.217. The van der Waals surface area contributed by atoms with E-state index in [2.05, 4.69) is 52.8 Å². The molecule has 1 aromatic rings. The summed E-state index contributed by atoms with van der Waals surface area (Å²) in [7, 11) is 0. The maximum atomic E-state index is 5.93. The van der Waals surface area contributed by atoms with Crippen molar-refractivity contribution in [3.8, 4) is 0 Å². The average molecular weight is 225 g/mol. The van der Waals surface area contributed by atoms with Crippen LogP contribution in [0.2, 0.25) is 0 Å². The Morgan fingerprint density at radius 2 is 1.87 bits per heavy atom. The molecule has 0 saturated carbocycles. The first-order chi connectivity index (χ1) is 6.86. The van der Waals surface area contributed by atoms with Crippen LogP contribution in [0, 0.1) is 6.92 Å². The van der Waals surface area contributed by atoms with E-state index in [9.17, 15) is 0 Å². The van der Waals surface area contributed by atoms with Crippen LogP contribution in [-0.4, -0.2) is 5.88 Å². The molecule has 0 spiro atoms. The van der Waals surface area contributed by atoms with Crippen molar-refractivity contribution in [2.24, 2.45) is 0 Å². The number of rotatable bonds is 2. The Morgan fingerprint density at radius 1 is 1.27 bits per heavy atom. The molecule has 1 unspecified atom stereocenters. The van der Waals surface area contributed by atoms with Gasteiger partial charge in [-0.3, -0.25) is 0 Å². The smallest absolute Gasteiger partial charge is 0.0289 e. The summed E-state index contributed by atoms with van der Waals surface area (Å²) >= 11 is 5.93. The summed E-state index contributed by atoms with van der Waals surface area (Å²) in [6.45, 7) is 11.1. The summed E-state index contributed by atoms with van der Waals surface area (Å²) in [6.07, 6.45) is 0. The van der Waals surface area contributed by atoms with Crippen LogP contribution in [0.4, 0.5) is 0 Å². The molecule has 0 fully saturated rings. The molecule has 84 valence electrons. The van der Waals surface area contributed by atoms with Gasteiger partial charge >= 0.3 is 0 Å². The third-order valence-corrected chi connectivity index (χ3v) is 3.37. The van der Waals surface area contributed by atoms with Crippen LogP contribution in [0.3, 0.4) is 0 Å². The molecule has 0 aliphatic rings. The fourth-order valence-electron chi connectivity index (χ4n) is 1.72. The zero-order chi connectivity index (χ0) is 11.6. The third kappa shape index (κ3) is 2.98. The van der Waals surface area contributed by atoms with E-state index >= 15 is 0 Å². The second-order valence-electron chi connectivity index (χ2n) is 5.38. The van der Waals surface area contributed by atoms with Crippen LogP contribution < -0.4 is 0 Å². The molecule has 0 N–H and O–H groups in total. The normalized spacial score (nSPS) is 14.0. The lowest BCUT2D eigenvalue weighted by molar-refractivity contribution is 0.588. The average Bonchev–Trinajstić information content (AvgIpc) is 2.15. The number of aryl methyl sites for hydroxylation is 1. The first kappa shape index (κ1) is 12.6. The van der Waals surface area contributed by atoms with E-state index in [1.165, 1.54) is 16.7 Å². The number of benzene rings is 1. The van der Waals surface area contributed by atoms with Crippen molar-refractivity contribution in [3.63, 3.8) is 0 Å². The van der Waals surface area contributed by atoms with Crippen molar-refractivity contribution in [1.29, 1.82) is 0 Å². The van der Waals surface area contributed by atoms with E-state index in [1.807, 2.05) is 0 Å². The van der Waals surface area contributed by atoms with E-state index in [1.54, 1.807) is 0 Å². The number of alkyl halides is 1. The molecule has 0 amide bonds. The molecular weight excluding hydrogens is 204 g/mol. The monoisotopic (exact) mass is 224 g/mol. The van der Waals surface area contributed by atoms with Gasteiger partial charge in [-0.25, -0.2) is 0 Å². The summed E-state index contributed by atoms with van der Waals surface area (Å²) in [5.74, 6) is 1.13. The molecule has 1 aromatic carbocycles. The van der Waals surface area contributed by atoms with Crippen molar-refractivity contribution in [2.45, 2.75) is 46.0 Å². The molecule has 15 heavy (non-hydrogen) atoms. The Kier molecular flexibility index (Phi) is 3.83. The summed E-state index contributed by atoms with van der Waals surface area (Å²) in [5, 5.41) is 0. The van der Waals surface area contributed by atoms with Crippen LogP contribution in [0.5, 0.6) is 0 Å². The quantitative estimate of drug-likeness (QED) is 0.643. The number of halogens is 1. The Labute approximate surface area is 98.7 Å². The van der Waals surface area contributed by atoms with E-state index in [4.69, 9.17) is 11.6 Å². The van der Waals surface area contributed by atoms with Gasteiger partial charge in [-0.1, -0.05) is 45.9 Å². The van der Waals surface area contributed by atoms with Crippen LogP contribution in [0.15, 0.2) is 18.2 Å². The molecule has 1 rings (SSSR count). The first-order valence-corrected chi connectivity index (χ1v) is 6.06. The van der Waals surface area contributed by atoms with Crippen molar-refractivity contribution < 1.29 is 0 Å². The topological polar surface area (TPSA) is 0 Å². The molecule has 0 aliphatic heterocycles. The van der Waals surface area contributed by atoms with Crippen molar-refractivity contribution in [1.82, 2.24) is 0 Å². The van der Waals surface area contributed by atoms with Gasteiger partial charge in [-0.05, 0) is 34.9 Å². The van der Waals surface area contributed by atoms with Gasteiger partial charge < -0.3 is 0 Å². The standard InChI is InChI=1S/C14H21Cl/c1-10-6-7-12(14(3,4)5)8-13(10)11(2)9-15/h6-8,11H,9H2,1-5H3. The molecule has 0 nitrogen and oxygen atoms in total. The summed E-state index contributed by atoms with van der Waals surface area (Å²) < 4.78 is 0. The third-order valence-electron chi connectivity index (χ3n) is 2.91. The fraction of sp³-hybridized carbons (Fsp3) is 0.571. The van der Waals surface area contributed by atoms with E-state index in [0.29, 0.717) is 11.8 Å². The zero-order valence-corrected chi connectivity index (χ0v) is 11.2. The van der Waals surface area contributed by atoms with Gasteiger partial charge in [0.1, 0.15) is 0 Å². The van der Waals surface area contributed by atoms with E-state index in [-0.39, 0.29) is 5.41 Å². The van der Waals surface area contributed by atoms with Crippen LogP contribution in [0.1, 0.15) is 50.3 Å². The highest BCUT2D eigenvalue weighted by Crippen LogP contribution is 2.28. The molecule has 0 aromatic heterocycles. The molecule has 0 radical (unpaired) electrons.